The number of phosphoric acid groups is 1. The number of ether oxygens (including phenoxy) is 2. The van der Waals surface area contributed by atoms with Gasteiger partial charge in [-0.1, -0.05) is 228 Å². The second-order valence-corrected chi connectivity index (χ2v) is 19.9. The fourth-order valence-electron chi connectivity index (χ4n) is 7.72. The van der Waals surface area contributed by atoms with Crippen molar-refractivity contribution < 1.29 is 37.6 Å². The number of unbranched alkanes of at least 4 members (excludes halogenated alkanes) is 27. The summed E-state index contributed by atoms with van der Waals surface area (Å²) in [5, 5.41) is 0. The van der Waals surface area contributed by atoms with Crippen LogP contribution in [-0.2, 0) is 32.7 Å². The molecular weight excluding hydrogens is 870 g/mol. The van der Waals surface area contributed by atoms with E-state index in [9.17, 15) is 19.0 Å². The number of hydrogen-bond donors (Lipinski definition) is 2. The number of nitrogens with two attached hydrogens (primary N) is 1. The van der Waals surface area contributed by atoms with Crippen LogP contribution in [0, 0.1) is 0 Å². The number of esters is 2. The van der Waals surface area contributed by atoms with Crippen LogP contribution in [0.3, 0.4) is 0 Å². The summed E-state index contributed by atoms with van der Waals surface area (Å²) >= 11 is 0. The van der Waals surface area contributed by atoms with Crippen molar-refractivity contribution in [2.75, 3.05) is 26.4 Å². The minimum absolute atomic E-state index is 0.0501. The number of allylic oxidation sites excluding steroid dienone is 12. The maximum Gasteiger partial charge on any atom is 0.472 e. The fourth-order valence-corrected chi connectivity index (χ4v) is 8.48. The SMILES string of the molecule is CC/C=C\C/C=C\C/C=C\C/C=C\CCCCCCCCCCCCCCCCCCCCC(=O)OC(COC(=O)CCCCCCC/C=C\C/C=C\CCCCCC)COP(=O)(O)OCCN. The molecule has 0 spiro atoms. The van der Waals surface area contributed by atoms with Crippen molar-refractivity contribution in [2.45, 2.75) is 258 Å². The molecule has 10 heteroatoms. The average Bonchev–Trinajstić information content (AvgIpc) is 3.33. The van der Waals surface area contributed by atoms with Crippen molar-refractivity contribution in [1.29, 1.82) is 0 Å². The number of hydrogen-bond acceptors (Lipinski definition) is 8. The van der Waals surface area contributed by atoms with Gasteiger partial charge in [-0.05, 0) is 83.5 Å². The van der Waals surface area contributed by atoms with Crippen LogP contribution in [-0.4, -0.2) is 49.3 Å². The van der Waals surface area contributed by atoms with Crippen molar-refractivity contribution in [1.82, 2.24) is 0 Å². The normalized spacial score (nSPS) is 13.6. The minimum atomic E-state index is -4.39. The lowest BCUT2D eigenvalue weighted by molar-refractivity contribution is -0.161. The summed E-state index contributed by atoms with van der Waals surface area (Å²) in [4.78, 5) is 35.1. The van der Waals surface area contributed by atoms with E-state index in [0.29, 0.717) is 12.8 Å². The zero-order valence-electron chi connectivity index (χ0n) is 43.8. The first-order valence-corrected chi connectivity index (χ1v) is 29.4. The van der Waals surface area contributed by atoms with Crippen LogP contribution in [0.1, 0.15) is 251 Å². The van der Waals surface area contributed by atoms with Gasteiger partial charge in [0.2, 0.25) is 0 Å². The maximum absolute atomic E-state index is 12.7. The lowest BCUT2D eigenvalue weighted by atomic mass is 10.0. The molecule has 0 saturated carbocycles. The zero-order valence-corrected chi connectivity index (χ0v) is 44.7. The van der Waals surface area contributed by atoms with Gasteiger partial charge in [-0.3, -0.25) is 18.6 Å². The smallest absolute Gasteiger partial charge is 0.462 e. The third-order valence-electron chi connectivity index (χ3n) is 11.8. The molecule has 0 heterocycles. The summed E-state index contributed by atoms with van der Waals surface area (Å²) in [6.45, 7) is 3.61. The Kier molecular flexibility index (Phi) is 51.8. The molecular formula is C58H104NO8P. The fraction of sp³-hybridized carbons (Fsp3) is 0.759. The Morgan fingerprint density at radius 3 is 1.21 bits per heavy atom. The van der Waals surface area contributed by atoms with Crippen LogP contribution in [0.4, 0.5) is 0 Å². The van der Waals surface area contributed by atoms with E-state index in [0.717, 1.165) is 83.5 Å². The van der Waals surface area contributed by atoms with Crippen molar-refractivity contribution >= 4 is 19.8 Å². The molecule has 9 nitrogen and oxygen atoms in total. The molecule has 0 aliphatic carbocycles. The molecule has 68 heavy (non-hydrogen) atoms. The van der Waals surface area contributed by atoms with Gasteiger partial charge >= 0.3 is 19.8 Å². The highest BCUT2D eigenvalue weighted by Crippen LogP contribution is 2.43. The number of rotatable bonds is 52. The van der Waals surface area contributed by atoms with E-state index in [4.69, 9.17) is 24.3 Å². The largest absolute Gasteiger partial charge is 0.472 e. The molecule has 0 radical (unpaired) electrons. The van der Waals surface area contributed by atoms with Crippen molar-refractivity contribution in [3.05, 3.63) is 72.9 Å². The molecule has 0 bridgehead atoms. The van der Waals surface area contributed by atoms with Crippen LogP contribution >= 0.6 is 7.82 Å². The Labute approximate surface area is 418 Å². The summed E-state index contributed by atoms with van der Waals surface area (Å²) in [7, 11) is -4.39. The Morgan fingerprint density at radius 2 is 0.809 bits per heavy atom. The monoisotopic (exact) mass is 974 g/mol. The van der Waals surface area contributed by atoms with Gasteiger partial charge in [-0.25, -0.2) is 4.57 Å². The molecule has 0 aliphatic rings. The molecule has 2 unspecified atom stereocenters. The van der Waals surface area contributed by atoms with Crippen LogP contribution < -0.4 is 5.73 Å². The van der Waals surface area contributed by atoms with E-state index < -0.39 is 32.5 Å². The molecule has 0 aromatic heterocycles. The molecule has 3 N–H and O–H groups in total. The van der Waals surface area contributed by atoms with E-state index >= 15 is 0 Å². The van der Waals surface area contributed by atoms with Crippen molar-refractivity contribution in [3.63, 3.8) is 0 Å². The molecule has 0 aromatic rings. The Balaban J connectivity index is 3.93. The zero-order chi connectivity index (χ0) is 49.5. The quantitative estimate of drug-likeness (QED) is 0.0264. The van der Waals surface area contributed by atoms with Crippen LogP contribution in [0.25, 0.3) is 0 Å². The predicted octanol–water partition coefficient (Wildman–Crippen LogP) is 17.3. The first-order chi connectivity index (χ1) is 33.3. The summed E-state index contributed by atoms with van der Waals surface area (Å²) < 4.78 is 33.0. The molecule has 0 amide bonds. The van der Waals surface area contributed by atoms with Crippen LogP contribution in [0.5, 0.6) is 0 Å². The molecule has 0 fully saturated rings. The highest BCUT2D eigenvalue weighted by molar-refractivity contribution is 7.47. The average molecular weight is 974 g/mol. The predicted molar refractivity (Wildman–Crippen MR) is 289 cm³/mol. The van der Waals surface area contributed by atoms with Gasteiger partial charge in [-0.15, -0.1) is 0 Å². The second kappa shape index (κ2) is 53.8. The Morgan fingerprint density at radius 1 is 0.456 bits per heavy atom. The van der Waals surface area contributed by atoms with E-state index in [1.807, 2.05) is 0 Å². The van der Waals surface area contributed by atoms with E-state index in [1.165, 1.54) is 128 Å². The molecule has 0 rings (SSSR count). The van der Waals surface area contributed by atoms with Gasteiger partial charge < -0.3 is 20.1 Å². The highest BCUT2D eigenvalue weighted by atomic mass is 31.2. The van der Waals surface area contributed by atoms with Gasteiger partial charge in [0.1, 0.15) is 6.61 Å². The molecule has 0 aliphatic heterocycles. The maximum atomic E-state index is 12.7. The minimum Gasteiger partial charge on any atom is -0.462 e. The van der Waals surface area contributed by atoms with E-state index in [-0.39, 0.29) is 32.6 Å². The molecule has 2 atom stereocenters. The summed E-state index contributed by atoms with van der Waals surface area (Å²) in [6.07, 6.45) is 68.2. The van der Waals surface area contributed by atoms with Crippen molar-refractivity contribution in [3.8, 4) is 0 Å². The standard InChI is InChI=1S/C58H104NO8P/c1-3-5-7-9-11-13-15-17-19-21-22-23-24-25-26-27-28-29-30-31-32-33-34-35-37-39-41-43-45-47-49-51-58(61)67-56(55-66-68(62,63)65-53-52-59)54-64-57(60)50-48-46-44-42-40-38-36-20-18-16-14-12-10-8-6-4-2/h5,7,11,13-14,16-17,19-20,22-23,36,56H,3-4,6,8-10,12,15,18,21,24-35,37-55,59H2,1-2H3,(H,62,63)/b7-5-,13-11-,16-14-,19-17-,23-22-,36-20-. The summed E-state index contributed by atoms with van der Waals surface area (Å²) in [6, 6.07) is 0. The van der Waals surface area contributed by atoms with Gasteiger partial charge in [0, 0.05) is 19.4 Å². The van der Waals surface area contributed by atoms with Gasteiger partial charge in [0.15, 0.2) is 6.10 Å². The first-order valence-electron chi connectivity index (χ1n) is 27.9. The third-order valence-corrected chi connectivity index (χ3v) is 12.8. The van der Waals surface area contributed by atoms with Gasteiger partial charge in [0.25, 0.3) is 0 Å². The highest BCUT2D eigenvalue weighted by Gasteiger charge is 2.26. The summed E-state index contributed by atoms with van der Waals surface area (Å²) in [5.41, 5.74) is 5.37. The lowest BCUT2D eigenvalue weighted by Crippen LogP contribution is -2.29. The molecule has 0 aromatic carbocycles. The molecule has 394 valence electrons. The van der Waals surface area contributed by atoms with E-state index in [2.05, 4.69) is 86.8 Å². The number of carbonyl (C=O) groups is 2. The summed E-state index contributed by atoms with van der Waals surface area (Å²) in [5.74, 6) is -0.839. The van der Waals surface area contributed by atoms with Crippen LogP contribution in [0.2, 0.25) is 0 Å². The van der Waals surface area contributed by atoms with Gasteiger partial charge in [0.05, 0.1) is 13.2 Å². The second-order valence-electron chi connectivity index (χ2n) is 18.4. The van der Waals surface area contributed by atoms with Gasteiger partial charge in [-0.2, -0.15) is 0 Å². The van der Waals surface area contributed by atoms with E-state index in [1.54, 1.807) is 0 Å². The Bertz CT molecular complexity index is 1340. The Hall–Kier alpha value is -2.55. The lowest BCUT2D eigenvalue weighted by Gasteiger charge is -2.19. The first kappa shape index (κ1) is 65.5. The topological polar surface area (TPSA) is 134 Å². The molecule has 0 saturated heterocycles. The third kappa shape index (κ3) is 52.8. The number of phosphoric ester groups is 1. The van der Waals surface area contributed by atoms with Crippen molar-refractivity contribution in [2.24, 2.45) is 5.73 Å². The number of carbonyl (C=O) groups excluding carboxylic acids is 2. The van der Waals surface area contributed by atoms with Crippen LogP contribution in [0.15, 0.2) is 72.9 Å².